The summed E-state index contributed by atoms with van der Waals surface area (Å²) < 4.78 is 6.05. The van der Waals surface area contributed by atoms with E-state index >= 15 is 0 Å². The number of nitrogens with zero attached hydrogens (tertiary/aromatic N) is 1. The minimum Gasteiger partial charge on any atom is -0.474 e. The summed E-state index contributed by atoms with van der Waals surface area (Å²) >= 11 is 0. The van der Waals surface area contributed by atoms with E-state index in [0.717, 1.165) is 18.7 Å². The number of nitrogens with two attached hydrogens (primary N) is 1. The minimum atomic E-state index is 0.325. The summed E-state index contributed by atoms with van der Waals surface area (Å²) in [7, 11) is 0. The predicted octanol–water partition coefficient (Wildman–Crippen LogP) is 4.72. The number of anilines is 1. The van der Waals surface area contributed by atoms with Crippen LogP contribution in [0.1, 0.15) is 70.6 Å². The quantitative estimate of drug-likeness (QED) is 0.850. The highest BCUT2D eigenvalue weighted by molar-refractivity contribution is 5.35. The zero-order valence-electron chi connectivity index (χ0n) is 12.5. The lowest BCUT2D eigenvalue weighted by Gasteiger charge is -2.19. The molecule has 0 amide bonds. The van der Waals surface area contributed by atoms with E-state index in [-0.39, 0.29) is 0 Å². The first-order chi connectivity index (χ1) is 9.84. The van der Waals surface area contributed by atoms with Gasteiger partial charge in [0.05, 0.1) is 11.9 Å². The van der Waals surface area contributed by atoms with Crippen molar-refractivity contribution in [3.63, 3.8) is 0 Å². The second kappa shape index (κ2) is 8.83. The number of hydrogen-bond acceptors (Lipinski definition) is 3. The van der Waals surface area contributed by atoms with Crippen LogP contribution in [0.5, 0.6) is 5.88 Å². The van der Waals surface area contributed by atoms with Crippen molar-refractivity contribution in [2.24, 2.45) is 0 Å². The smallest absolute Gasteiger partial charge is 0.213 e. The number of pyridine rings is 1. The summed E-state index contributed by atoms with van der Waals surface area (Å²) in [5, 5.41) is 0. The molecule has 3 heteroatoms. The third-order valence-corrected chi connectivity index (χ3v) is 4.10. The number of nitrogen functional groups attached to an aromatic ring is 1. The summed E-state index contributed by atoms with van der Waals surface area (Å²) in [5.41, 5.74) is 6.35. The molecule has 0 saturated heterocycles. The topological polar surface area (TPSA) is 48.1 Å². The fraction of sp³-hybridized carbons (Fsp3) is 0.706. The molecule has 0 bridgehead atoms. The molecule has 0 radical (unpaired) electrons. The number of ether oxygens (including phenoxy) is 1. The van der Waals surface area contributed by atoms with E-state index < -0.39 is 0 Å². The van der Waals surface area contributed by atoms with E-state index in [1.54, 1.807) is 6.20 Å². The molecule has 0 unspecified atom stereocenters. The van der Waals surface area contributed by atoms with Gasteiger partial charge in [-0.15, -0.1) is 0 Å². The molecule has 1 aromatic rings. The summed E-state index contributed by atoms with van der Waals surface area (Å²) in [5.74, 6) is 0.719. The van der Waals surface area contributed by atoms with Crippen molar-refractivity contribution in [2.75, 3.05) is 5.73 Å². The van der Waals surface area contributed by atoms with Crippen LogP contribution < -0.4 is 10.5 Å². The molecule has 1 aliphatic carbocycles. The monoisotopic (exact) mass is 276 g/mol. The summed E-state index contributed by atoms with van der Waals surface area (Å²) in [4.78, 5) is 4.25. The van der Waals surface area contributed by atoms with Crippen LogP contribution in [0, 0.1) is 0 Å². The molecular weight excluding hydrogens is 248 g/mol. The van der Waals surface area contributed by atoms with Crippen molar-refractivity contribution >= 4 is 5.69 Å². The van der Waals surface area contributed by atoms with Crippen LogP contribution in [0.25, 0.3) is 0 Å². The van der Waals surface area contributed by atoms with Gasteiger partial charge in [-0.3, -0.25) is 0 Å². The lowest BCUT2D eigenvalue weighted by molar-refractivity contribution is 0.165. The Bertz CT molecular complexity index is 352. The van der Waals surface area contributed by atoms with Crippen LogP contribution in [0.15, 0.2) is 18.3 Å². The fourth-order valence-corrected chi connectivity index (χ4v) is 2.88. The van der Waals surface area contributed by atoms with Crippen LogP contribution in [0.3, 0.4) is 0 Å². The van der Waals surface area contributed by atoms with Gasteiger partial charge < -0.3 is 10.5 Å². The maximum Gasteiger partial charge on any atom is 0.213 e. The number of hydrogen-bond donors (Lipinski definition) is 1. The van der Waals surface area contributed by atoms with Crippen molar-refractivity contribution in [3.8, 4) is 5.88 Å². The molecule has 112 valence electrons. The van der Waals surface area contributed by atoms with Gasteiger partial charge in [0.25, 0.3) is 0 Å². The second-order valence-electron chi connectivity index (χ2n) is 5.93. The average molecular weight is 276 g/mol. The molecule has 2 rings (SSSR count). The molecule has 3 nitrogen and oxygen atoms in total. The minimum absolute atomic E-state index is 0.325. The van der Waals surface area contributed by atoms with Gasteiger partial charge in [0.2, 0.25) is 5.88 Å². The molecule has 0 aliphatic heterocycles. The van der Waals surface area contributed by atoms with E-state index in [0.29, 0.717) is 11.8 Å². The molecule has 1 saturated carbocycles. The van der Waals surface area contributed by atoms with Crippen molar-refractivity contribution in [3.05, 3.63) is 18.3 Å². The highest BCUT2D eigenvalue weighted by Gasteiger charge is 2.11. The van der Waals surface area contributed by atoms with Gasteiger partial charge in [-0.1, -0.05) is 44.9 Å². The largest absolute Gasteiger partial charge is 0.474 e. The van der Waals surface area contributed by atoms with Gasteiger partial charge in [0.15, 0.2) is 0 Å². The molecule has 0 spiro atoms. The Labute approximate surface area is 122 Å². The SMILES string of the molecule is Nc1ccc(OC2CCCCCCCCCCC2)nc1. The predicted molar refractivity (Wildman–Crippen MR) is 83.9 cm³/mol. The third-order valence-electron chi connectivity index (χ3n) is 4.10. The van der Waals surface area contributed by atoms with Gasteiger partial charge in [-0.05, 0) is 31.7 Å². The first-order valence-corrected chi connectivity index (χ1v) is 8.23. The van der Waals surface area contributed by atoms with E-state index in [1.807, 2.05) is 12.1 Å². The zero-order valence-corrected chi connectivity index (χ0v) is 12.5. The highest BCUT2D eigenvalue weighted by atomic mass is 16.5. The number of rotatable bonds is 2. The molecule has 1 heterocycles. The maximum atomic E-state index is 6.05. The molecule has 0 aromatic carbocycles. The summed E-state index contributed by atoms with van der Waals surface area (Å²) in [6.07, 6.45) is 16.6. The van der Waals surface area contributed by atoms with Gasteiger partial charge in [-0.25, -0.2) is 4.98 Å². The fourth-order valence-electron chi connectivity index (χ4n) is 2.88. The van der Waals surface area contributed by atoms with Gasteiger partial charge in [-0.2, -0.15) is 0 Å². The van der Waals surface area contributed by atoms with Crippen LogP contribution in [-0.2, 0) is 0 Å². The Morgan fingerprint density at radius 1 is 0.850 bits per heavy atom. The summed E-state index contributed by atoms with van der Waals surface area (Å²) in [6, 6.07) is 3.74. The van der Waals surface area contributed by atoms with Crippen molar-refractivity contribution < 1.29 is 4.74 Å². The lowest BCUT2D eigenvalue weighted by atomic mass is 9.99. The normalized spacial score (nSPS) is 19.8. The molecular formula is C17H28N2O. The Kier molecular flexibility index (Phi) is 6.69. The molecule has 0 atom stereocenters. The Hall–Kier alpha value is -1.25. The lowest BCUT2D eigenvalue weighted by Crippen LogP contribution is -2.17. The molecule has 1 aliphatic rings. The van der Waals surface area contributed by atoms with Crippen LogP contribution in [0.2, 0.25) is 0 Å². The number of aromatic nitrogens is 1. The van der Waals surface area contributed by atoms with Crippen molar-refractivity contribution in [1.29, 1.82) is 0 Å². The van der Waals surface area contributed by atoms with Gasteiger partial charge in [0, 0.05) is 6.07 Å². The Balaban J connectivity index is 1.83. The average Bonchev–Trinajstić information content (AvgIpc) is 2.44. The molecule has 1 fully saturated rings. The Morgan fingerprint density at radius 3 is 1.90 bits per heavy atom. The van der Waals surface area contributed by atoms with Crippen LogP contribution >= 0.6 is 0 Å². The molecule has 2 N–H and O–H groups in total. The van der Waals surface area contributed by atoms with E-state index in [9.17, 15) is 0 Å². The van der Waals surface area contributed by atoms with E-state index in [2.05, 4.69) is 4.98 Å². The van der Waals surface area contributed by atoms with Crippen molar-refractivity contribution in [1.82, 2.24) is 4.98 Å². The summed E-state index contributed by atoms with van der Waals surface area (Å²) in [6.45, 7) is 0. The standard InChI is InChI=1S/C17H28N2O/c18-15-12-13-17(19-14-15)20-16-10-8-6-4-2-1-3-5-7-9-11-16/h12-14,16H,1-11,18H2. The molecule has 20 heavy (non-hydrogen) atoms. The Morgan fingerprint density at radius 2 is 1.40 bits per heavy atom. The molecule has 1 aromatic heterocycles. The van der Waals surface area contributed by atoms with E-state index in [4.69, 9.17) is 10.5 Å². The highest BCUT2D eigenvalue weighted by Crippen LogP contribution is 2.20. The van der Waals surface area contributed by atoms with E-state index in [1.165, 1.54) is 57.8 Å². The van der Waals surface area contributed by atoms with Crippen molar-refractivity contribution in [2.45, 2.75) is 76.7 Å². The first kappa shape index (κ1) is 15.1. The van der Waals surface area contributed by atoms with Gasteiger partial charge in [0.1, 0.15) is 6.10 Å². The van der Waals surface area contributed by atoms with Crippen LogP contribution in [-0.4, -0.2) is 11.1 Å². The maximum absolute atomic E-state index is 6.05. The van der Waals surface area contributed by atoms with Crippen LogP contribution in [0.4, 0.5) is 5.69 Å². The third kappa shape index (κ3) is 5.81. The van der Waals surface area contributed by atoms with Gasteiger partial charge >= 0.3 is 0 Å². The second-order valence-corrected chi connectivity index (χ2v) is 5.93. The zero-order chi connectivity index (χ0) is 14.0. The first-order valence-electron chi connectivity index (χ1n) is 8.23.